The molecule has 1 saturated heterocycles. The molecule has 0 saturated carbocycles. The number of hydrogen-bond donors (Lipinski definition) is 1. The molecule has 0 aliphatic carbocycles. The van der Waals surface area contributed by atoms with Crippen LogP contribution in [-0.4, -0.2) is 53.5 Å². The summed E-state index contributed by atoms with van der Waals surface area (Å²) in [5, 5.41) is 10.1. The highest BCUT2D eigenvalue weighted by Crippen LogP contribution is 2.16. The van der Waals surface area contributed by atoms with Crippen LogP contribution in [0.5, 0.6) is 0 Å². The van der Waals surface area contributed by atoms with E-state index in [9.17, 15) is 9.90 Å². The predicted octanol–water partition coefficient (Wildman–Crippen LogP) is 1.27. The van der Waals surface area contributed by atoms with Crippen LogP contribution in [0.1, 0.15) is 25.0 Å². The van der Waals surface area contributed by atoms with Crippen molar-refractivity contribution >= 4 is 5.91 Å². The highest BCUT2D eigenvalue weighted by atomic mass is 16.3. The van der Waals surface area contributed by atoms with Crippen LogP contribution in [0, 0.1) is 0 Å². The summed E-state index contributed by atoms with van der Waals surface area (Å²) in [7, 11) is 0. The number of rotatable bonds is 4. The lowest BCUT2D eigenvalue weighted by Gasteiger charge is -2.34. The molecule has 0 aromatic heterocycles. The highest BCUT2D eigenvalue weighted by Gasteiger charge is 2.19. The van der Waals surface area contributed by atoms with Gasteiger partial charge in [-0.25, -0.2) is 0 Å². The minimum Gasteiger partial charge on any atom is -0.388 e. The molecule has 0 radical (unpaired) electrons. The van der Waals surface area contributed by atoms with Crippen LogP contribution >= 0.6 is 0 Å². The summed E-state index contributed by atoms with van der Waals surface area (Å²) in [6.07, 6.45) is 0.344. The molecular formula is C15H22N2O2. The molecular weight excluding hydrogens is 240 g/mol. The van der Waals surface area contributed by atoms with E-state index in [0.29, 0.717) is 0 Å². The number of aliphatic hydroxyl groups excluding tert-OH is 1. The van der Waals surface area contributed by atoms with Crippen molar-refractivity contribution in [2.24, 2.45) is 0 Å². The van der Waals surface area contributed by atoms with Gasteiger partial charge in [-0.2, -0.15) is 0 Å². The van der Waals surface area contributed by atoms with E-state index in [0.717, 1.165) is 44.7 Å². The fourth-order valence-electron chi connectivity index (χ4n) is 2.43. The first-order valence-corrected chi connectivity index (χ1v) is 6.87. The zero-order valence-electron chi connectivity index (χ0n) is 11.5. The van der Waals surface area contributed by atoms with Gasteiger partial charge in [0.05, 0.1) is 6.10 Å². The molecule has 1 amide bonds. The van der Waals surface area contributed by atoms with E-state index in [1.807, 2.05) is 35.2 Å². The molecule has 0 bridgehead atoms. The Bertz CT molecular complexity index is 400. The predicted molar refractivity (Wildman–Crippen MR) is 74.7 cm³/mol. The molecule has 0 spiro atoms. The van der Waals surface area contributed by atoms with E-state index in [4.69, 9.17) is 0 Å². The summed E-state index contributed by atoms with van der Waals surface area (Å²) in [4.78, 5) is 15.4. The Balaban J connectivity index is 1.73. The van der Waals surface area contributed by atoms with Gasteiger partial charge in [0.15, 0.2) is 0 Å². The summed E-state index contributed by atoms with van der Waals surface area (Å²) in [5.41, 5.74) is 0.977. The monoisotopic (exact) mass is 262 g/mol. The van der Waals surface area contributed by atoms with Gasteiger partial charge in [0.1, 0.15) is 0 Å². The lowest BCUT2D eigenvalue weighted by atomic mass is 10.1. The fraction of sp³-hybridized carbons (Fsp3) is 0.533. The summed E-state index contributed by atoms with van der Waals surface area (Å²) in [5.74, 6) is 0.156. The molecule has 4 heteroatoms. The molecule has 104 valence electrons. The van der Waals surface area contributed by atoms with Crippen molar-refractivity contribution in [2.45, 2.75) is 19.4 Å². The second-order valence-corrected chi connectivity index (χ2v) is 5.06. The third-order valence-electron chi connectivity index (χ3n) is 3.72. The first kappa shape index (κ1) is 14.0. The van der Waals surface area contributed by atoms with Crippen molar-refractivity contribution in [1.29, 1.82) is 0 Å². The number of piperazine rings is 1. The Morgan fingerprint density at radius 2 is 1.84 bits per heavy atom. The quantitative estimate of drug-likeness (QED) is 0.889. The topological polar surface area (TPSA) is 43.8 Å². The van der Waals surface area contributed by atoms with E-state index < -0.39 is 6.10 Å². The summed E-state index contributed by atoms with van der Waals surface area (Å²) >= 11 is 0. The third kappa shape index (κ3) is 4.04. The van der Waals surface area contributed by atoms with Crippen LogP contribution in [0.4, 0.5) is 0 Å². The first-order valence-electron chi connectivity index (χ1n) is 6.87. The second-order valence-electron chi connectivity index (χ2n) is 5.06. The minimum atomic E-state index is -0.396. The smallest absolute Gasteiger partial charge is 0.219 e. The second kappa shape index (κ2) is 6.68. The standard InChI is InChI=1S/C15H22N2O2/c1-13(18)17-11-9-16(10-12-17)8-7-15(19)14-5-3-2-4-6-14/h2-6,15,19H,7-12H2,1H3. The zero-order valence-corrected chi connectivity index (χ0v) is 11.5. The van der Waals surface area contributed by atoms with Gasteiger partial charge in [-0.05, 0) is 12.0 Å². The van der Waals surface area contributed by atoms with Crippen LogP contribution in [0.3, 0.4) is 0 Å². The molecule has 1 unspecified atom stereocenters. The number of benzene rings is 1. The van der Waals surface area contributed by atoms with Crippen LogP contribution in [-0.2, 0) is 4.79 Å². The van der Waals surface area contributed by atoms with Gasteiger partial charge in [-0.1, -0.05) is 30.3 Å². The lowest BCUT2D eigenvalue weighted by molar-refractivity contribution is -0.130. The highest BCUT2D eigenvalue weighted by molar-refractivity contribution is 5.73. The molecule has 1 aliphatic rings. The van der Waals surface area contributed by atoms with Crippen molar-refractivity contribution in [3.63, 3.8) is 0 Å². The van der Waals surface area contributed by atoms with Crippen molar-refractivity contribution in [2.75, 3.05) is 32.7 Å². The first-order chi connectivity index (χ1) is 9.16. The largest absolute Gasteiger partial charge is 0.388 e. The van der Waals surface area contributed by atoms with Gasteiger partial charge < -0.3 is 10.0 Å². The van der Waals surface area contributed by atoms with Crippen LogP contribution in [0.15, 0.2) is 30.3 Å². The molecule has 1 N–H and O–H groups in total. The number of hydrogen-bond acceptors (Lipinski definition) is 3. The number of carbonyl (C=O) groups excluding carboxylic acids is 1. The van der Waals surface area contributed by atoms with Crippen molar-refractivity contribution in [1.82, 2.24) is 9.80 Å². The number of amides is 1. The SMILES string of the molecule is CC(=O)N1CCN(CCC(O)c2ccccc2)CC1. The number of nitrogens with zero attached hydrogens (tertiary/aromatic N) is 2. The Morgan fingerprint density at radius 1 is 1.21 bits per heavy atom. The summed E-state index contributed by atoms with van der Waals surface area (Å²) < 4.78 is 0. The molecule has 1 atom stereocenters. The number of aliphatic hydroxyl groups is 1. The van der Waals surface area contributed by atoms with Crippen LogP contribution < -0.4 is 0 Å². The van der Waals surface area contributed by atoms with E-state index in [2.05, 4.69) is 4.90 Å². The molecule has 1 fully saturated rings. The maximum absolute atomic E-state index is 11.2. The average molecular weight is 262 g/mol. The van der Waals surface area contributed by atoms with E-state index >= 15 is 0 Å². The fourth-order valence-corrected chi connectivity index (χ4v) is 2.43. The summed E-state index contributed by atoms with van der Waals surface area (Å²) in [6.45, 7) is 5.91. The van der Waals surface area contributed by atoms with Gasteiger partial charge in [0, 0.05) is 39.6 Å². The normalized spacial score (nSPS) is 18.3. The molecule has 4 nitrogen and oxygen atoms in total. The average Bonchev–Trinajstić information content (AvgIpc) is 2.46. The molecule has 2 rings (SSSR count). The minimum absolute atomic E-state index is 0.156. The number of carbonyl (C=O) groups is 1. The van der Waals surface area contributed by atoms with Crippen LogP contribution in [0.2, 0.25) is 0 Å². The Labute approximate surface area is 114 Å². The Kier molecular flexibility index (Phi) is 4.93. The lowest BCUT2D eigenvalue weighted by Crippen LogP contribution is -2.48. The molecule has 1 heterocycles. The van der Waals surface area contributed by atoms with E-state index in [1.165, 1.54) is 0 Å². The van der Waals surface area contributed by atoms with Crippen molar-refractivity contribution in [3.05, 3.63) is 35.9 Å². The molecule has 1 aliphatic heterocycles. The van der Waals surface area contributed by atoms with Crippen molar-refractivity contribution in [3.8, 4) is 0 Å². The van der Waals surface area contributed by atoms with Gasteiger partial charge in [-0.15, -0.1) is 0 Å². The molecule has 1 aromatic carbocycles. The van der Waals surface area contributed by atoms with E-state index in [-0.39, 0.29) is 5.91 Å². The third-order valence-corrected chi connectivity index (χ3v) is 3.72. The van der Waals surface area contributed by atoms with Gasteiger partial charge in [0.25, 0.3) is 0 Å². The van der Waals surface area contributed by atoms with Gasteiger partial charge in [-0.3, -0.25) is 9.69 Å². The maximum Gasteiger partial charge on any atom is 0.219 e. The zero-order chi connectivity index (χ0) is 13.7. The Morgan fingerprint density at radius 3 is 2.42 bits per heavy atom. The van der Waals surface area contributed by atoms with Crippen LogP contribution in [0.25, 0.3) is 0 Å². The van der Waals surface area contributed by atoms with E-state index in [1.54, 1.807) is 6.92 Å². The summed E-state index contributed by atoms with van der Waals surface area (Å²) in [6, 6.07) is 9.77. The Hall–Kier alpha value is -1.39. The van der Waals surface area contributed by atoms with Gasteiger partial charge in [0.2, 0.25) is 5.91 Å². The van der Waals surface area contributed by atoms with Gasteiger partial charge >= 0.3 is 0 Å². The van der Waals surface area contributed by atoms with Crippen molar-refractivity contribution < 1.29 is 9.90 Å². The maximum atomic E-state index is 11.2. The molecule has 1 aromatic rings. The molecule has 19 heavy (non-hydrogen) atoms.